The number of rotatable bonds is 8. The number of amides is 2. The number of sulfonamides is 1. The molecule has 1 aromatic rings. The molecule has 0 bridgehead atoms. The van der Waals surface area contributed by atoms with Gasteiger partial charge in [0.1, 0.15) is 5.75 Å². The van der Waals surface area contributed by atoms with E-state index in [0.717, 1.165) is 4.31 Å². The highest BCUT2D eigenvalue weighted by molar-refractivity contribution is 7.89. The van der Waals surface area contributed by atoms with Gasteiger partial charge in [0.2, 0.25) is 21.8 Å². The zero-order valence-corrected chi connectivity index (χ0v) is 15.1. The maximum absolute atomic E-state index is 12.7. The molecule has 24 heavy (non-hydrogen) atoms. The zero-order valence-electron chi connectivity index (χ0n) is 14.3. The van der Waals surface area contributed by atoms with Gasteiger partial charge < -0.3 is 15.4 Å². The molecule has 0 saturated carbocycles. The van der Waals surface area contributed by atoms with Crippen LogP contribution in [0.15, 0.2) is 23.1 Å². The topological polar surface area (TPSA) is 105 Å². The van der Waals surface area contributed by atoms with Gasteiger partial charge in [0.15, 0.2) is 0 Å². The van der Waals surface area contributed by atoms with Gasteiger partial charge in [0.05, 0.1) is 24.2 Å². The van der Waals surface area contributed by atoms with E-state index in [1.54, 1.807) is 13.8 Å². The highest BCUT2D eigenvalue weighted by Gasteiger charge is 2.26. The van der Waals surface area contributed by atoms with E-state index >= 15 is 0 Å². The lowest BCUT2D eigenvalue weighted by Crippen LogP contribution is -2.40. The van der Waals surface area contributed by atoms with Crippen molar-refractivity contribution in [2.75, 3.05) is 32.1 Å². The van der Waals surface area contributed by atoms with Gasteiger partial charge >= 0.3 is 0 Å². The summed E-state index contributed by atoms with van der Waals surface area (Å²) in [5.41, 5.74) is 0.250. The highest BCUT2D eigenvalue weighted by Crippen LogP contribution is 2.28. The summed E-state index contributed by atoms with van der Waals surface area (Å²) in [5, 5.41) is 5.10. The van der Waals surface area contributed by atoms with Crippen molar-refractivity contribution in [3.05, 3.63) is 18.2 Å². The Labute approximate surface area is 142 Å². The van der Waals surface area contributed by atoms with E-state index in [1.165, 1.54) is 32.2 Å². The summed E-state index contributed by atoms with van der Waals surface area (Å²) in [6, 6.07) is 4.15. The van der Waals surface area contributed by atoms with Crippen LogP contribution in [0, 0.1) is 0 Å². The van der Waals surface area contributed by atoms with Crippen LogP contribution in [-0.4, -0.2) is 51.3 Å². The van der Waals surface area contributed by atoms with Crippen molar-refractivity contribution in [1.82, 2.24) is 9.62 Å². The molecular weight excluding hydrogens is 334 g/mol. The Hall–Kier alpha value is -2.13. The fourth-order valence-corrected chi connectivity index (χ4v) is 3.50. The van der Waals surface area contributed by atoms with Crippen molar-refractivity contribution in [2.45, 2.75) is 25.7 Å². The van der Waals surface area contributed by atoms with Crippen molar-refractivity contribution in [2.24, 2.45) is 0 Å². The Morgan fingerprint density at radius 1 is 1.25 bits per heavy atom. The molecule has 0 fully saturated rings. The average Bonchev–Trinajstić information content (AvgIpc) is 2.52. The number of carbonyl (C=O) groups excluding carboxylic acids is 2. The summed E-state index contributed by atoms with van der Waals surface area (Å²) in [7, 11) is -2.46. The minimum absolute atomic E-state index is 0.0294. The Kier molecular flexibility index (Phi) is 7.18. The second-order valence-electron chi connectivity index (χ2n) is 4.93. The van der Waals surface area contributed by atoms with Gasteiger partial charge in [-0.05, 0) is 25.1 Å². The molecular formula is C15H23N3O5S. The normalized spacial score (nSPS) is 11.2. The Morgan fingerprint density at radius 2 is 1.92 bits per heavy atom. The number of nitrogens with zero attached hydrogens (tertiary/aromatic N) is 1. The molecule has 0 aliphatic carbocycles. The van der Waals surface area contributed by atoms with E-state index in [9.17, 15) is 18.0 Å². The summed E-state index contributed by atoms with van der Waals surface area (Å²) in [4.78, 5) is 22.9. The first-order valence-electron chi connectivity index (χ1n) is 7.48. The van der Waals surface area contributed by atoms with Crippen LogP contribution >= 0.6 is 0 Å². The number of anilines is 1. The number of ether oxygens (including phenoxy) is 1. The summed E-state index contributed by atoms with van der Waals surface area (Å²) in [5.74, 6) is -0.382. The van der Waals surface area contributed by atoms with Crippen molar-refractivity contribution < 1.29 is 22.7 Å². The van der Waals surface area contributed by atoms with Crippen LogP contribution in [0.5, 0.6) is 5.75 Å². The Morgan fingerprint density at radius 3 is 2.42 bits per heavy atom. The number of methoxy groups -OCH3 is 1. The van der Waals surface area contributed by atoms with Crippen molar-refractivity contribution >= 4 is 27.5 Å². The Balaban J connectivity index is 3.20. The largest absolute Gasteiger partial charge is 0.495 e. The number of benzene rings is 1. The number of carbonyl (C=O) groups is 2. The lowest BCUT2D eigenvalue weighted by molar-refractivity contribution is -0.121. The quantitative estimate of drug-likeness (QED) is 0.716. The molecule has 0 aliphatic heterocycles. The summed E-state index contributed by atoms with van der Waals surface area (Å²) < 4.78 is 31.6. The lowest BCUT2D eigenvalue weighted by Gasteiger charge is -2.20. The molecule has 2 amide bonds. The van der Waals surface area contributed by atoms with Crippen molar-refractivity contribution in [1.29, 1.82) is 0 Å². The van der Waals surface area contributed by atoms with Gasteiger partial charge in [0, 0.05) is 20.0 Å². The smallest absolute Gasteiger partial charge is 0.243 e. The maximum Gasteiger partial charge on any atom is 0.243 e. The predicted molar refractivity (Wildman–Crippen MR) is 90.4 cm³/mol. The molecule has 0 aromatic heterocycles. The van der Waals surface area contributed by atoms with E-state index in [0.29, 0.717) is 12.3 Å². The monoisotopic (exact) mass is 357 g/mol. The fourth-order valence-electron chi connectivity index (χ4n) is 2.06. The molecule has 1 aromatic carbocycles. The van der Waals surface area contributed by atoms with Gasteiger partial charge in [0.25, 0.3) is 0 Å². The van der Waals surface area contributed by atoms with Gasteiger partial charge in [-0.3, -0.25) is 9.59 Å². The Bertz CT molecular complexity index is 703. The van der Waals surface area contributed by atoms with E-state index < -0.39 is 10.0 Å². The number of likely N-dealkylation sites (N-methyl/N-ethyl adjacent to an activating group) is 2. The molecule has 0 spiro atoms. The predicted octanol–water partition coefficient (Wildman–Crippen LogP) is 0.800. The van der Waals surface area contributed by atoms with Crippen LogP contribution in [-0.2, 0) is 19.6 Å². The van der Waals surface area contributed by atoms with E-state index in [2.05, 4.69) is 10.6 Å². The molecule has 9 heteroatoms. The minimum atomic E-state index is -3.88. The van der Waals surface area contributed by atoms with E-state index in [1.807, 2.05) is 0 Å². The SMILES string of the molecule is CCNC(=O)CN(CC)S(=O)(=O)c1ccc(OC)c(NC(C)=O)c1. The standard InChI is InChI=1S/C15H23N3O5S/c1-5-16-15(20)10-18(6-2)24(21,22)12-7-8-14(23-4)13(9-12)17-11(3)19/h7-9H,5-6,10H2,1-4H3,(H,16,20)(H,17,19). The molecule has 0 saturated heterocycles. The van der Waals surface area contributed by atoms with Crippen LogP contribution in [0.4, 0.5) is 5.69 Å². The third-order valence-corrected chi connectivity index (χ3v) is 5.08. The van der Waals surface area contributed by atoms with E-state index in [-0.39, 0.29) is 35.5 Å². The number of nitrogens with one attached hydrogen (secondary N) is 2. The molecule has 0 radical (unpaired) electrons. The van der Waals surface area contributed by atoms with Crippen LogP contribution in [0.2, 0.25) is 0 Å². The molecule has 134 valence electrons. The fraction of sp³-hybridized carbons (Fsp3) is 0.467. The zero-order chi connectivity index (χ0) is 18.3. The average molecular weight is 357 g/mol. The van der Waals surface area contributed by atoms with Crippen LogP contribution in [0.25, 0.3) is 0 Å². The molecule has 8 nitrogen and oxygen atoms in total. The lowest BCUT2D eigenvalue weighted by atomic mass is 10.3. The second kappa shape index (κ2) is 8.65. The van der Waals surface area contributed by atoms with E-state index in [4.69, 9.17) is 4.74 Å². The summed E-state index contributed by atoms with van der Waals surface area (Å²) >= 11 is 0. The molecule has 0 heterocycles. The van der Waals surface area contributed by atoms with Gasteiger partial charge in [-0.15, -0.1) is 0 Å². The first-order valence-corrected chi connectivity index (χ1v) is 8.92. The molecule has 0 unspecified atom stereocenters. The van der Waals surface area contributed by atoms with Gasteiger partial charge in [-0.25, -0.2) is 8.42 Å². The van der Waals surface area contributed by atoms with Crippen LogP contribution < -0.4 is 15.4 Å². The molecule has 0 aliphatic rings. The first-order chi connectivity index (χ1) is 11.3. The third kappa shape index (κ3) is 4.93. The highest BCUT2D eigenvalue weighted by atomic mass is 32.2. The van der Waals surface area contributed by atoms with Gasteiger partial charge in [-0.1, -0.05) is 6.92 Å². The molecule has 2 N–H and O–H groups in total. The first kappa shape index (κ1) is 19.9. The molecule has 0 atom stereocenters. The minimum Gasteiger partial charge on any atom is -0.495 e. The third-order valence-electron chi connectivity index (χ3n) is 3.17. The van der Waals surface area contributed by atoms with Crippen LogP contribution in [0.1, 0.15) is 20.8 Å². The number of hydrogen-bond donors (Lipinski definition) is 2. The van der Waals surface area contributed by atoms with Gasteiger partial charge in [-0.2, -0.15) is 4.31 Å². The van der Waals surface area contributed by atoms with Crippen molar-refractivity contribution in [3.63, 3.8) is 0 Å². The molecule has 1 rings (SSSR count). The van der Waals surface area contributed by atoms with Crippen LogP contribution in [0.3, 0.4) is 0 Å². The maximum atomic E-state index is 12.7. The summed E-state index contributed by atoms with van der Waals surface area (Å²) in [6.45, 7) is 5.01. The number of hydrogen-bond acceptors (Lipinski definition) is 5. The van der Waals surface area contributed by atoms with Crippen molar-refractivity contribution in [3.8, 4) is 5.75 Å². The second-order valence-corrected chi connectivity index (χ2v) is 6.87. The summed E-state index contributed by atoms with van der Waals surface area (Å²) in [6.07, 6.45) is 0.